The average Bonchev–Trinajstić information content (AvgIpc) is 2.38. The van der Waals surface area contributed by atoms with Crippen molar-refractivity contribution in [3.63, 3.8) is 0 Å². The molecule has 0 bridgehead atoms. The standard InChI is InChI=1S/C16H17BrN2O/c1-10-7-8-13(11(2)9-10)12(3)18-16(20)14-5-4-6-15(17)19-14/h4-9,12H,1-3H3,(H,18,20). The van der Waals surface area contributed by atoms with Gasteiger partial charge in [0.2, 0.25) is 0 Å². The SMILES string of the molecule is Cc1ccc(C(C)NC(=O)c2cccc(Br)n2)c(C)c1. The Morgan fingerprint density at radius 2 is 2.00 bits per heavy atom. The minimum atomic E-state index is -0.168. The van der Waals surface area contributed by atoms with Gasteiger partial charge in [0, 0.05) is 0 Å². The van der Waals surface area contributed by atoms with Crippen LogP contribution < -0.4 is 5.32 Å². The molecule has 0 fully saturated rings. The smallest absolute Gasteiger partial charge is 0.270 e. The summed E-state index contributed by atoms with van der Waals surface area (Å²) >= 11 is 3.27. The fourth-order valence-corrected chi connectivity index (χ4v) is 2.54. The number of rotatable bonds is 3. The highest BCUT2D eigenvalue weighted by Gasteiger charge is 2.14. The van der Waals surface area contributed by atoms with Crippen molar-refractivity contribution in [2.24, 2.45) is 0 Å². The first-order valence-corrected chi connectivity index (χ1v) is 7.27. The molecule has 20 heavy (non-hydrogen) atoms. The van der Waals surface area contributed by atoms with Gasteiger partial charge in [0.05, 0.1) is 6.04 Å². The van der Waals surface area contributed by atoms with Gasteiger partial charge >= 0.3 is 0 Å². The molecule has 1 atom stereocenters. The molecule has 1 N–H and O–H groups in total. The predicted molar refractivity (Wildman–Crippen MR) is 83.7 cm³/mol. The maximum Gasteiger partial charge on any atom is 0.270 e. The molecule has 1 aromatic heterocycles. The molecule has 1 unspecified atom stereocenters. The van der Waals surface area contributed by atoms with Crippen molar-refractivity contribution < 1.29 is 4.79 Å². The molecule has 0 saturated heterocycles. The molecule has 2 rings (SSSR count). The Bertz CT molecular complexity index is 640. The lowest BCUT2D eigenvalue weighted by Gasteiger charge is -2.17. The van der Waals surface area contributed by atoms with Gasteiger partial charge in [-0.15, -0.1) is 0 Å². The molecule has 3 nitrogen and oxygen atoms in total. The number of carbonyl (C=O) groups is 1. The summed E-state index contributed by atoms with van der Waals surface area (Å²) in [4.78, 5) is 16.3. The topological polar surface area (TPSA) is 42.0 Å². The summed E-state index contributed by atoms with van der Waals surface area (Å²) in [6, 6.07) is 11.5. The van der Waals surface area contributed by atoms with Crippen molar-refractivity contribution in [3.8, 4) is 0 Å². The van der Waals surface area contributed by atoms with Crippen LogP contribution in [0.2, 0.25) is 0 Å². The lowest BCUT2D eigenvalue weighted by atomic mass is 10.0. The van der Waals surface area contributed by atoms with E-state index >= 15 is 0 Å². The number of nitrogens with one attached hydrogen (secondary N) is 1. The third-order valence-electron chi connectivity index (χ3n) is 3.19. The molecule has 0 saturated carbocycles. The van der Waals surface area contributed by atoms with Gasteiger partial charge in [0.15, 0.2) is 0 Å². The van der Waals surface area contributed by atoms with Gasteiger partial charge in [0.25, 0.3) is 5.91 Å². The number of aromatic nitrogens is 1. The summed E-state index contributed by atoms with van der Waals surface area (Å²) in [7, 11) is 0. The van der Waals surface area contributed by atoms with Crippen LogP contribution in [0.5, 0.6) is 0 Å². The number of hydrogen-bond donors (Lipinski definition) is 1. The Morgan fingerprint density at radius 1 is 1.25 bits per heavy atom. The number of amides is 1. The van der Waals surface area contributed by atoms with Gasteiger partial charge in [0.1, 0.15) is 10.3 Å². The van der Waals surface area contributed by atoms with Gasteiger partial charge in [-0.3, -0.25) is 4.79 Å². The number of pyridine rings is 1. The minimum absolute atomic E-state index is 0.0520. The van der Waals surface area contributed by atoms with E-state index in [0.29, 0.717) is 10.3 Å². The van der Waals surface area contributed by atoms with Crippen LogP contribution in [0.25, 0.3) is 0 Å². The Kier molecular flexibility index (Phi) is 4.55. The zero-order valence-corrected chi connectivity index (χ0v) is 13.4. The molecule has 0 aliphatic carbocycles. The van der Waals surface area contributed by atoms with E-state index in [1.807, 2.05) is 6.92 Å². The fourth-order valence-electron chi connectivity index (χ4n) is 2.19. The zero-order valence-electron chi connectivity index (χ0n) is 11.8. The van der Waals surface area contributed by atoms with Gasteiger partial charge in [-0.25, -0.2) is 4.98 Å². The highest BCUT2D eigenvalue weighted by atomic mass is 79.9. The first-order chi connectivity index (χ1) is 9.47. The summed E-state index contributed by atoms with van der Waals surface area (Å²) in [6.45, 7) is 6.10. The molecule has 2 aromatic rings. The molecule has 0 aliphatic rings. The second kappa shape index (κ2) is 6.18. The van der Waals surface area contributed by atoms with E-state index in [-0.39, 0.29) is 11.9 Å². The number of halogens is 1. The largest absolute Gasteiger partial charge is 0.344 e. The second-order valence-corrected chi connectivity index (χ2v) is 5.71. The first kappa shape index (κ1) is 14.7. The van der Waals surface area contributed by atoms with Crippen LogP contribution in [0.3, 0.4) is 0 Å². The fraction of sp³-hybridized carbons (Fsp3) is 0.250. The van der Waals surface area contributed by atoms with Crippen LogP contribution in [-0.2, 0) is 0 Å². The van der Waals surface area contributed by atoms with Crippen LogP contribution in [-0.4, -0.2) is 10.9 Å². The van der Waals surface area contributed by atoms with Crippen molar-refractivity contribution in [3.05, 3.63) is 63.4 Å². The van der Waals surface area contributed by atoms with E-state index in [9.17, 15) is 4.79 Å². The normalized spacial score (nSPS) is 12.0. The average molecular weight is 333 g/mol. The summed E-state index contributed by atoms with van der Waals surface area (Å²) in [5.74, 6) is -0.168. The lowest BCUT2D eigenvalue weighted by Crippen LogP contribution is -2.27. The third kappa shape index (κ3) is 3.45. The second-order valence-electron chi connectivity index (χ2n) is 4.90. The summed E-state index contributed by atoms with van der Waals surface area (Å²) < 4.78 is 0.657. The van der Waals surface area contributed by atoms with E-state index in [0.717, 1.165) is 5.56 Å². The molecule has 1 amide bonds. The van der Waals surface area contributed by atoms with Crippen molar-refractivity contribution in [2.45, 2.75) is 26.8 Å². The van der Waals surface area contributed by atoms with Crippen molar-refractivity contribution in [2.75, 3.05) is 0 Å². The Balaban J connectivity index is 2.15. The zero-order chi connectivity index (χ0) is 14.7. The van der Waals surface area contributed by atoms with Gasteiger partial charge in [-0.2, -0.15) is 0 Å². The van der Waals surface area contributed by atoms with E-state index < -0.39 is 0 Å². The van der Waals surface area contributed by atoms with Gasteiger partial charge in [-0.1, -0.05) is 29.8 Å². The van der Waals surface area contributed by atoms with Crippen LogP contribution in [0.4, 0.5) is 0 Å². The number of hydrogen-bond acceptors (Lipinski definition) is 2. The number of aryl methyl sites for hydroxylation is 2. The molecule has 0 aliphatic heterocycles. The highest BCUT2D eigenvalue weighted by molar-refractivity contribution is 9.10. The van der Waals surface area contributed by atoms with Crippen LogP contribution in [0.15, 0.2) is 41.0 Å². The number of carbonyl (C=O) groups excluding carboxylic acids is 1. The monoisotopic (exact) mass is 332 g/mol. The number of benzene rings is 1. The van der Waals surface area contributed by atoms with Crippen LogP contribution >= 0.6 is 15.9 Å². The maximum absolute atomic E-state index is 12.2. The first-order valence-electron chi connectivity index (χ1n) is 6.48. The molecule has 1 aromatic carbocycles. The lowest BCUT2D eigenvalue weighted by molar-refractivity contribution is 0.0934. The Morgan fingerprint density at radius 3 is 2.65 bits per heavy atom. The van der Waals surface area contributed by atoms with Crippen molar-refractivity contribution >= 4 is 21.8 Å². The van der Waals surface area contributed by atoms with Gasteiger partial charge < -0.3 is 5.32 Å². The summed E-state index contributed by atoms with van der Waals surface area (Å²) in [5.41, 5.74) is 3.94. The van der Waals surface area contributed by atoms with Gasteiger partial charge in [-0.05, 0) is 60.0 Å². The third-order valence-corrected chi connectivity index (χ3v) is 3.63. The molecule has 4 heteroatoms. The van der Waals surface area contributed by atoms with E-state index in [1.54, 1.807) is 18.2 Å². The van der Waals surface area contributed by atoms with E-state index in [1.165, 1.54) is 11.1 Å². The van der Waals surface area contributed by atoms with Crippen molar-refractivity contribution in [1.82, 2.24) is 10.3 Å². The van der Waals surface area contributed by atoms with Crippen molar-refractivity contribution in [1.29, 1.82) is 0 Å². The molecule has 0 radical (unpaired) electrons. The Hall–Kier alpha value is -1.68. The van der Waals surface area contributed by atoms with E-state index in [4.69, 9.17) is 0 Å². The maximum atomic E-state index is 12.2. The minimum Gasteiger partial charge on any atom is -0.344 e. The number of nitrogens with zero attached hydrogens (tertiary/aromatic N) is 1. The molecular weight excluding hydrogens is 316 g/mol. The molecular formula is C16H17BrN2O. The van der Waals surface area contributed by atoms with E-state index in [2.05, 4.69) is 58.3 Å². The quantitative estimate of drug-likeness (QED) is 0.864. The molecule has 1 heterocycles. The van der Waals surface area contributed by atoms with Crippen LogP contribution in [0.1, 0.15) is 40.1 Å². The molecule has 104 valence electrons. The predicted octanol–water partition coefficient (Wildman–Crippen LogP) is 3.95. The van der Waals surface area contributed by atoms with Crippen LogP contribution in [0, 0.1) is 13.8 Å². The highest BCUT2D eigenvalue weighted by Crippen LogP contribution is 2.19. The molecule has 0 spiro atoms. The Labute approximate surface area is 127 Å². The summed E-state index contributed by atoms with van der Waals surface area (Å²) in [5, 5.41) is 2.98. The summed E-state index contributed by atoms with van der Waals surface area (Å²) in [6.07, 6.45) is 0.